The highest BCUT2D eigenvalue weighted by Gasteiger charge is 2.20. The van der Waals surface area contributed by atoms with E-state index >= 15 is 0 Å². The van der Waals surface area contributed by atoms with Crippen LogP contribution in [0.5, 0.6) is 0 Å². The van der Waals surface area contributed by atoms with Crippen LogP contribution in [0.3, 0.4) is 0 Å². The maximum Gasteiger partial charge on any atom is 0.208 e. The molecule has 28 heavy (non-hydrogen) atoms. The van der Waals surface area contributed by atoms with Crippen molar-refractivity contribution in [1.29, 1.82) is 0 Å². The van der Waals surface area contributed by atoms with Gasteiger partial charge in [0.1, 0.15) is 5.76 Å². The molecule has 7 nitrogen and oxygen atoms in total. The van der Waals surface area contributed by atoms with Crippen molar-refractivity contribution in [2.24, 2.45) is 16.6 Å². The molecule has 0 amide bonds. The lowest BCUT2D eigenvalue weighted by Crippen LogP contribution is -2.34. The number of aryl methyl sites for hydroxylation is 2. The van der Waals surface area contributed by atoms with Crippen LogP contribution in [0.25, 0.3) is 0 Å². The van der Waals surface area contributed by atoms with Gasteiger partial charge in [0.15, 0.2) is 5.96 Å². The molecule has 1 fully saturated rings. The van der Waals surface area contributed by atoms with Crippen molar-refractivity contribution in [2.75, 3.05) is 32.1 Å². The molecule has 0 spiro atoms. The monoisotopic (exact) mass is 385 g/mol. The van der Waals surface area contributed by atoms with Crippen LogP contribution in [0.1, 0.15) is 35.7 Å². The van der Waals surface area contributed by atoms with E-state index in [9.17, 15) is 0 Å². The molecule has 0 unspecified atom stereocenters. The molecule has 1 aromatic heterocycles. The number of methoxy groups -OCH3 is 1. The minimum Gasteiger partial charge on any atom is -0.444 e. The fourth-order valence-electron chi connectivity index (χ4n) is 3.45. The molecular weight excluding hydrogens is 354 g/mol. The Morgan fingerprint density at radius 3 is 2.75 bits per heavy atom. The van der Waals surface area contributed by atoms with E-state index in [2.05, 4.69) is 20.2 Å². The smallest absolute Gasteiger partial charge is 0.208 e. The maximum absolute atomic E-state index is 6.10. The molecule has 1 aliphatic rings. The molecule has 0 radical (unpaired) electrons. The fraction of sp³-hybridized carbons (Fsp3) is 0.524. The third-order valence-corrected chi connectivity index (χ3v) is 5.24. The zero-order valence-corrected chi connectivity index (χ0v) is 17.1. The number of benzene rings is 1. The number of likely N-dealkylation sites (tertiary alicyclic amines) is 1. The lowest BCUT2D eigenvalue weighted by atomic mass is 9.97. The second-order valence-electron chi connectivity index (χ2n) is 7.41. The van der Waals surface area contributed by atoms with Crippen molar-refractivity contribution < 1.29 is 9.15 Å². The number of nitrogens with two attached hydrogens (primary N) is 1. The van der Waals surface area contributed by atoms with Crippen molar-refractivity contribution in [3.8, 4) is 0 Å². The van der Waals surface area contributed by atoms with E-state index in [1.54, 1.807) is 7.11 Å². The second kappa shape index (κ2) is 9.71. The van der Waals surface area contributed by atoms with E-state index in [0.717, 1.165) is 67.6 Å². The minimum atomic E-state index is 0.455. The van der Waals surface area contributed by atoms with Crippen LogP contribution in [0, 0.1) is 19.8 Å². The van der Waals surface area contributed by atoms with Crippen molar-refractivity contribution in [3.63, 3.8) is 0 Å². The summed E-state index contributed by atoms with van der Waals surface area (Å²) < 4.78 is 10.9. The summed E-state index contributed by atoms with van der Waals surface area (Å²) in [5, 5.41) is 3.20. The first kappa shape index (κ1) is 20.4. The number of rotatable bonds is 7. The Bertz CT molecular complexity index is 774. The van der Waals surface area contributed by atoms with Crippen molar-refractivity contribution >= 4 is 11.6 Å². The summed E-state index contributed by atoms with van der Waals surface area (Å²) in [7, 11) is 1.69. The zero-order chi connectivity index (χ0) is 19.9. The number of hydrogen-bond acceptors (Lipinski definition) is 5. The Hall–Kier alpha value is -2.38. The molecule has 7 heteroatoms. The topological polar surface area (TPSA) is 88.9 Å². The number of oxazole rings is 1. The summed E-state index contributed by atoms with van der Waals surface area (Å²) >= 11 is 0. The summed E-state index contributed by atoms with van der Waals surface area (Å²) in [6.07, 6.45) is 2.21. The summed E-state index contributed by atoms with van der Waals surface area (Å²) in [4.78, 5) is 11.4. The summed E-state index contributed by atoms with van der Waals surface area (Å²) in [5.74, 6) is 2.74. The number of para-hydroxylation sites is 1. The van der Waals surface area contributed by atoms with Crippen LogP contribution in [0.15, 0.2) is 33.7 Å². The average molecular weight is 386 g/mol. The maximum atomic E-state index is 6.10. The Labute approximate surface area is 167 Å². The first-order valence-corrected chi connectivity index (χ1v) is 9.84. The van der Waals surface area contributed by atoms with Crippen LogP contribution in [-0.4, -0.2) is 42.6 Å². The highest BCUT2D eigenvalue weighted by Crippen LogP contribution is 2.20. The van der Waals surface area contributed by atoms with E-state index in [-0.39, 0.29) is 0 Å². The van der Waals surface area contributed by atoms with Crippen LogP contribution in [-0.2, 0) is 17.9 Å². The van der Waals surface area contributed by atoms with E-state index in [4.69, 9.17) is 14.9 Å². The molecule has 2 heterocycles. The Balaban J connectivity index is 1.45. The number of piperidine rings is 1. The third kappa shape index (κ3) is 5.56. The number of nitrogens with one attached hydrogen (secondary N) is 1. The predicted molar refractivity (Wildman–Crippen MR) is 111 cm³/mol. The van der Waals surface area contributed by atoms with Crippen molar-refractivity contribution in [3.05, 3.63) is 47.2 Å². The number of anilines is 1. The Morgan fingerprint density at radius 2 is 2.07 bits per heavy atom. The van der Waals surface area contributed by atoms with Gasteiger partial charge in [-0.3, -0.25) is 9.89 Å². The van der Waals surface area contributed by atoms with Gasteiger partial charge in [-0.25, -0.2) is 4.98 Å². The van der Waals surface area contributed by atoms with Crippen molar-refractivity contribution in [1.82, 2.24) is 9.88 Å². The number of nitrogens with zero attached hydrogens (tertiary/aromatic N) is 3. The SMILES string of the molecule is COCc1ccccc1NC(N)=NCC1CCN(Cc2nc(C)c(C)o2)CC1. The molecule has 3 rings (SSSR count). The molecular formula is C21H31N5O2. The molecule has 0 saturated carbocycles. The van der Waals surface area contributed by atoms with Crippen molar-refractivity contribution in [2.45, 2.75) is 39.8 Å². The van der Waals surface area contributed by atoms with E-state index in [0.29, 0.717) is 18.5 Å². The average Bonchev–Trinajstić information content (AvgIpc) is 3.00. The Morgan fingerprint density at radius 1 is 1.32 bits per heavy atom. The van der Waals surface area contributed by atoms with Crippen LogP contribution >= 0.6 is 0 Å². The number of hydrogen-bond donors (Lipinski definition) is 2. The fourth-order valence-corrected chi connectivity index (χ4v) is 3.45. The van der Waals surface area contributed by atoms with Gasteiger partial charge in [0.2, 0.25) is 5.89 Å². The van der Waals surface area contributed by atoms with Gasteiger partial charge in [0.25, 0.3) is 0 Å². The molecule has 152 valence electrons. The molecule has 0 aliphatic carbocycles. The first-order chi connectivity index (χ1) is 13.5. The van der Waals surface area contributed by atoms with Gasteiger partial charge >= 0.3 is 0 Å². The molecule has 3 N–H and O–H groups in total. The van der Waals surface area contributed by atoms with Gasteiger partial charge < -0.3 is 20.2 Å². The number of guanidine groups is 1. The Kier molecular flexibility index (Phi) is 7.06. The number of ether oxygens (including phenoxy) is 1. The quantitative estimate of drug-likeness (QED) is 0.562. The van der Waals surface area contributed by atoms with Gasteiger partial charge in [0, 0.05) is 24.9 Å². The summed E-state index contributed by atoms with van der Waals surface area (Å²) in [6, 6.07) is 7.97. The second-order valence-corrected chi connectivity index (χ2v) is 7.41. The van der Waals surface area contributed by atoms with Crippen LogP contribution in [0.2, 0.25) is 0 Å². The highest BCUT2D eigenvalue weighted by molar-refractivity contribution is 5.92. The van der Waals surface area contributed by atoms with E-state index < -0.39 is 0 Å². The summed E-state index contributed by atoms with van der Waals surface area (Å²) in [5.41, 5.74) is 9.09. The largest absolute Gasteiger partial charge is 0.444 e. The van der Waals surface area contributed by atoms with Gasteiger partial charge in [-0.2, -0.15) is 0 Å². The third-order valence-electron chi connectivity index (χ3n) is 5.24. The minimum absolute atomic E-state index is 0.455. The van der Waals surface area contributed by atoms with E-state index in [1.165, 1.54) is 0 Å². The molecule has 2 aromatic rings. The van der Waals surface area contributed by atoms with E-state index in [1.807, 2.05) is 38.1 Å². The molecule has 1 aromatic carbocycles. The molecule has 1 saturated heterocycles. The zero-order valence-electron chi connectivity index (χ0n) is 17.1. The lowest BCUT2D eigenvalue weighted by Gasteiger charge is -2.30. The number of aliphatic imine (C=N–C) groups is 1. The molecule has 1 aliphatic heterocycles. The lowest BCUT2D eigenvalue weighted by molar-refractivity contribution is 0.166. The van der Waals surface area contributed by atoms with Gasteiger partial charge in [-0.1, -0.05) is 18.2 Å². The molecule has 0 bridgehead atoms. The normalized spacial score (nSPS) is 16.5. The van der Waals surface area contributed by atoms with Gasteiger partial charge in [-0.15, -0.1) is 0 Å². The predicted octanol–water partition coefficient (Wildman–Crippen LogP) is 3.08. The first-order valence-electron chi connectivity index (χ1n) is 9.84. The number of aromatic nitrogens is 1. The highest BCUT2D eigenvalue weighted by atomic mass is 16.5. The van der Waals surface area contributed by atoms with Gasteiger partial charge in [0.05, 0.1) is 18.8 Å². The standard InChI is InChI=1S/C21H31N5O2/c1-15-16(2)28-20(24-15)13-26-10-8-17(9-11-26)12-23-21(22)25-19-7-5-4-6-18(19)14-27-3/h4-7,17H,8-14H2,1-3H3,(H3,22,23,25). The van der Waals surface area contributed by atoms with Crippen LogP contribution in [0.4, 0.5) is 5.69 Å². The molecule has 0 atom stereocenters. The summed E-state index contributed by atoms with van der Waals surface area (Å²) in [6.45, 7) is 8.08. The van der Waals surface area contributed by atoms with Gasteiger partial charge in [-0.05, 0) is 51.8 Å². The van der Waals surface area contributed by atoms with Crippen LogP contribution < -0.4 is 11.1 Å².